The predicted octanol–water partition coefficient (Wildman–Crippen LogP) is 3.25. The summed E-state index contributed by atoms with van der Waals surface area (Å²) in [6.45, 7) is 7.01. The largest absolute Gasteiger partial charge is 0.383 e. The van der Waals surface area contributed by atoms with Crippen LogP contribution in [0.2, 0.25) is 0 Å². The second kappa shape index (κ2) is 10.2. The molecule has 0 unspecified atom stereocenters. The molecule has 1 aliphatic rings. The number of nitrogens with two attached hydrogens (primary N) is 1. The van der Waals surface area contributed by atoms with Gasteiger partial charge in [-0.3, -0.25) is 14.5 Å². The summed E-state index contributed by atoms with van der Waals surface area (Å²) < 4.78 is 6.97. The summed E-state index contributed by atoms with van der Waals surface area (Å²) in [7, 11) is 1.69. The molecule has 3 heterocycles. The number of ether oxygens (including phenoxy) is 1. The van der Waals surface area contributed by atoms with E-state index in [0.29, 0.717) is 12.4 Å². The highest BCUT2D eigenvalue weighted by molar-refractivity contribution is 5.94. The van der Waals surface area contributed by atoms with E-state index in [4.69, 9.17) is 10.5 Å². The van der Waals surface area contributed by atoms with Crippen LogP contribution in [0.15, 0.2) is 43.0 Å². The Kier molecular flexibility index (Phi) is 7.36. The van der Waals surface area contributed by atoms with Crippen molar-refractivity contribution in [2.75, 3.05) is 24.4 Å². The quantitative estimate of drug-likeness (QED) is 0.693. The van der Waals surface area contributed by atoms with Gasteiger partial charge >= 0.3 is 0 Å². The van der Waals surface area contributed by atoms with E-state index in [1.54, 1.807) is 20.2 Å². The van der Waals surface area contributed by atoms with Crippen molar-refractivity contribution < 1.29 is 9.53 Å². The first-order valence-electron chi connectivity index (χ1n) is 10.4. The van der Waals surface area contributed by atoms with Gasteiger partial charge in [-0.05, 0) is 49.9 Å². The van der Waals surface area contributed by atoms with Crippen molar-refractivity contribution >= 4 is 17.4 Å². The molecule has 1 atom stereocenters. The van der Waals surface area contributed by atoms with E-state index in [1.807, 2.05) is 28.9 Å². The van der Waals surface area contributed by atoms with Crippen molar-refractivity contribution in [3.05, 3.63) is 54.2 Å². The summed E-state index contributed by atoms with van der Waals surface area (Å²) in [5.41, 5.74) is 10.7. The van der Waals surface area contributed by atoms with E-state index >= 15 is 0 Å². The van der Waals surface area contributed by atoms with Crippen molar-refractivity contribution in [3.63, 3.8) is 0 Å². The van der Waals surface area contributed by atoms with Crippen molar-refractivity contribution in [1.82, 2.24) is 19.7 Å². The molecule has 1 aliphatic heterocycles. The molecule has 0 radical (unpaired) electrons. The molecule has 31 heavy (non-hydrogen) atoms. The van der Waals surface area contributed by atoms with E-state index in [2.05, 4.69) is 40.2 Å². The normalized spacial score (nSPS) is 15.1. The molecule has 0 saturated heterocycles. The first-order chi connectivity index (χ1) is 14.9. The fourth-order valence-electron chi connectivity index (χ4n) is 3.63. The molecule has 2 aromatic heterocycles. The molecule has 0 aliphatic carbocycles. The molecule has 0 bridgehead atoms. The summed E-state index contributed by atoms with van der Waals surface area (Å²) in [6.07, 6.45) is 9.10. The summed E-state index contributed by atoms with van der Waals surface area (Å²) in [5.74, 6) is 0.578. The lowest BCUT2D eigenvalue weighted by Gasteiger charge is -2.34. The third kappa shape index (κ3) is 5.67. The average molecular weight is 423 g/mol. The molecule has 8 heteroatoms. The second-order valence-corrected chi connectivity index (χ2v) is 7.69. The molecular formula is C23H30N6O2. The molecule has 0 saturated carbocycles. The van der Waals surface area contributed by atoms with E-state index < -0.39 is 0 Å². The van der Waals surface area contributed by atoms with Crippen LogP contribution in [0.4, 0.5) is 11.5 Å². The monoisotopic (exact) mass is 422 g/mol. The summed E-state index contributed by atoms with van der Waals surface area (Å²) >= 11 is 0. The van der Waals surface area contributed by atoms with Crippen LogP contribution in [-0.4, -0.2) is 45.4 Å². The Morgan fingerprint density at radius 3 is 2.68 bits per heavy atom. The van der Waals surface area contributed by atoms with Crippen LogP contribution in [0, 0.1) is 6.92 Å². The molecule has 1 amide bonds. The number of methoxy groups -OCH3 is 1. The lowest BCUT2D eigenvalue weighted by Crippen LogP contribution is -2.40. The molecule has 8 nitrogen and oxygen atoms in total. The van der Waals surface area contributed by atoms with Crippen molar-refractivity contribution in [2.45, 2.75) is 46.2 Å². The molecule has 2 N–H and O–H groups in total. The number of anilines is 2. The van der Waals surface area contributed by atoms with Crippen LogP contribution >= 0.6 is 0 Å². The predicted molar refractivity (Wildman–Crippen MR) is 122 cm³/mol. The molecule has 0 spiro atoms. The number of carbonyl (C=O) groups is 1. The standard InChI is InChI=1S/C18H23N3O2.C5H7N3/c1-13-4-5-16-10-15(6-7-18(16)21(13)14(2)22)17-11-19-20(12-17)8-9-23-3;1-4-2-8-5(6)3-7-4/h6-7,10-13H,4-5,8-9H2,1-3H3;2-3H,1H3,(H2,6,8)/t13-;/m0./s1. The molecule has 0 fully saturated rings. The first kappa shape index (κ1) is 22.4. The highest BCUT2D eigenvalue weighted by atomic mass is 16.5. The number of hydrogen-bond acceptors (Lipinski definition) is 6. The second-order valence-electron chi connectivity index (χ2n) is 7.69. The van der Waals surface area contributed by atoms with E-state index in [9.17, 15) is 4.79 Å². The Morgan fingerprint density at radius 1 is 1.23 bits per heavy atom. The number of hydrogen-bond donors (Lipinski definition) is 1. The van der Waals surface area contributed by atoms with Gasteiger partial charge in [0.25, 0.3) is 0 Å². The average Bonchev–Trinajstić information content (AvgIpc) is 3.23. The number of nitrogen functional groups attached to an aromatic ring is 1. The van der Waals surface area contributed by atoms with Gasteiger partial charge in [0.05, 0.1) is 37.4 Å². The maximum Gasteiger partial charge on any atom is 0.224 e. The van der Waals surface area contributed by atoms with Gasteiger partial charge in [-0.1, -0.05) is 6.07 Å². The molecule has 1 aromatic carbocycles. The zero-order valence-electron chi connectivity index (χ0n) is 18.6. The Labute approximate surface area is 183 Å². The van der Waals surface area contributed by atoms with Crippen LogP contribution in [-0.2, 0) is 22.5 Å². The fourth-order valence-corrected chi connectivity index (χ4v) is 3.63. The molecule has 164 valence electrons. The maximum absolute atomic E-state index is 11.9. The fraction of sp³-hybridized carbons (Fsp3) is 0.391. The van der Waals surface area contributed by atoms with Crippen molar-refractivity contribution in [3.8, 4) is 11.1 Å². The topological polar surface area (TPSA) is 99.2 Å². The highest BCUT2D eigenvalue weighted by Gasteiger charge is 2.26. The minimum atomic E-state index is 0.110. The van der Waals surface area contributed by atoms with Crippen LogP contribution in [0.3, 0.4) is 0 Å². The van der Waals surface area contributed by atoms with Crippen LogP contribution in [0.25, 0.3) is 11.1 Å². The van der Waals surface area contributed by atoms with Crippen LogP contribution in [0.5, 0.6) is 0 Å². The third-order valence-corrected chi connectivity index (χ3v) is 5.24. The number of rotatable bonds is 4. The number of aryl methyl sites for hydroxylation is 2. The van der Waals surface area contributed by atoms with Gasteiger partial charge in [-0.2, -0.15) is 5.10 Å². The van der Waals surface area contributed by atoms with Gasteiger partial charge in [0.2, 0.25) is 5.91 Å². The van der Waals surface area contributed by atoms with E-state index in [0.717, 1.165) is 41.9 Å². The zero-order chi connectivity index (χ0) is 22.4. The maximum atomic E-state index is 11.9. The molecule has 4 rings (SSSR count). The van der Waals surface area contributed by atoms with Gasteiger partial charge in [0, 0.05) is 37.5 Å². The summed E-state index contributed by atoms with van der Waals surface area (Å²) in [4.78, 5) is 21.5. The minimum absolute atomic E-state index is 0.110. The molecule has 3 aromatic rings. The van der Waals surface area contributed by atoms with Gasteiger partial charge in [0.15, 0.2) is 0 Å². The number of amides is 1. The van der Waals surface area contributed by atoms with Crippen LogP contribution in [0.1, 0.15) is 31.5 Å². The number of fused-ring (bicyclic) bond motifs is 1. The minimum Gasteiger partial charge on any atom is -0.383 e. The number of nitrogens with zero attached hydrogens (tertiary/aromatic N) is 5. The van der Waals surface area contributed by atoms with E-state index in [1.165, 1.54) is 11.8 Å². The Bertz CT molecular complexity index is 994. The van der Waals surface area contributed by atoms with Gasteiger partial charge in [-0.15, -0.1) is 0 Å². The third-order valence-electron chi connectivity index (χ3n) is 5.24. The number of carbonyl (C=O) groups excluding carboxylic acids is 1. The Balaban J connectivity index is 0.000000287. The Morgan fingerprint density at radius 2 is 2.03 bits per heavy atom. The zero-order valence-corrected chi connectivity index (χ0v) is 18.6. The lowest BCUT2D eigenvalue weighted by molar-refractivity contribution is -0.117. The SMILES string of the molecule is COCCn1cc(-c2ccc3c(c2)CC[C@H](C)N3C(C)=O)cn1.Cc1cnc(N)cn1. The van der Waals surface area contributed by atoms with Gasteiger partial charge < -0.3 is 15.4 Å². The molecular weight excluding hydrogens is 392 g/mol. The first-order valence-corrected chi connectivity index (χ1v) is 10.4. The number of benzene rings is 1. The smallest absolute Gasteiger partial charge is 0.224 e. The van der Waals surface area contributed by atoms with Crippen LogP contribution < -0.4 is 10.6 Å². The summed E-state index contributed by atoms with van der Waals surface area (Å²) in [5, 5.41) is 4.37. The lowest BCUT2D eigenvalue weighted by atomic mass is 9.94. The van der Waals surface area contributed by atoms with Crippen molar-refractivity contribution in [1.29, 1.82) is 0 Å². The number of aromatic nitrogens is 4. The van der Waals surface area contributed by atoms with Gasteiger partial charge in [0.1, 0.15) is 5.82 Å². The highest BCUT2D eigenvalue weighted by Crippen LogP contribution is 2.34. The Hall–Kier alpha value is -3.26. The summed E-state index contributed by atoms with van der Waals surface area (Å²) in [6, 6.07) is 6.59. The van der Waals surface area contributed by atoms with Crippen molar-refractivity contribution in [2.24, 2.45) is 0 Å². The van der Waals surface area contributed by atoms with E-state index in [-0.39, 0.29) is 11.9 Å². The van der Waals surface area contributed by atoms with Gasteiger partial charge in [-0.25, -0.2) is 4.98 Å².